The first kappa shape index (κ1) is 11.3. The molecule has 0 aliphatic carbocycles. The molecule has 84 valence electrons. The lowest BCUT2D eigenvalue weighted by Crippen LogP contribution is -1.86. The van der Waals surface area contributed by atoms with Gasteiger partial charge in [-0.2, -0.15) is 0 Å². The van der Waals surface area contributed by atoms with E-state index < -0.39 is 0 Å². The van der Waals surface area contributed by atoms with Crippen LogP contribution in [0.5, 0.6) is 0 Å². The van der Waals surface area contributed by atoms with Gasteiger partial charge in [-0.3, -0.25) is 0 Å². The van der Waals surface area contributed by atoms with Crippen LogP contribution in [-0.2, 0) is 0 Å². The molecule has 0 N–H and O–H groups in total. The highest BCUT2D eigenvalue weighted by Gasteiger charge is 1.99. The Balaban J connectivity index is 2.44. The van der Waals surface area contributed by atoms with Crippen molar-refractivity contribution in [3.05, 3.63) is 72.3 Å². The van der Waals surface area contributed by atoms with E-state index in [0.717, 1.165) is 11.1 Å². The quantitative estimate of drug-likeness (QED) is 0.743. The molecule has 0 spiro atoms. The molecule has 17 heavy (non-hydrogen) atoms. The zero-order chi connectivity index (χ0) is 12.1. The molecule has 0 saturated carbocycles. The average molecular weight is 222 g/mol. The first-order valence-electron chi connectivity index (χ1n) is 5.46. The maximum Gasteiger partial charge on any atom is 0.115 e. The predicted molar refractivity (Wildman–Crippen MR) is 71.3 cm³/mol. The molecular formula is C15H14N2. The van der Waals surface area contributed by atoms with Crippen molar-refractivity contribution in [1.29, 1.82) is 0 Å². The molecule has 2 heteroatoms. The molecule has 0 fully saturated rings. The monoisotopic (exact) mass is 222 g/mol. The Hall–Kier alpha value is -2.22. The summed E-state index contributed by atoms with van der Waals surface area (Å²) in [4.78, 5) is 8.04. The fourth-order valence-corrected chi connectivity index (χ4v) is 1.62. The Morgan fingerprint density at radius 2 is 1.88 bits per heavy atom. The van der Waals surface area contributed by atoms with Crippen LogP contribution >= 0.6 is 0 Å². The largest absolute Gasteiger partial charge is 0.244 e. The molecule has 2 rings (SSSR count). The van der Waals surface area contributed by atoms with E-state index in [1.54, 1.807) is 12.4 Å². The third-order valence-electron chi connectivity index (χ3n) is 2.61. The second-order valence-electron chi connectivity index (χ2n) is 3.79. The molecule has 0 aliphatic heterocycles. The van der Waals surface area contributed by atoms with E-state index in [9.17, 15) is 0 Å². The second kappa shape index (κ2) is 5.21. The standard InChI is InChI=1S/C15H14N2/c1-3-13(15-9-16-11-17-10-15)8-14-7-5-4-6-12(14)2/h3-11H,1H2,2H3/b13-8+. The van der Waals surface area contributed by atoms with Crippen molar-refractivity contribution in [1.82, 2.24) is 9.97 Å². The van der Waals surface area contributed by atoms with E-state index in [1.165, 1.54) is 17.5 Å². The predicted octanol–water partition coefficient (Wildman–Crippen LogP) is 3.51. The van der Waals surface area contributed by atoms with Crippen molar-refractivity contribution in [3.8, 4) is 0 Å². The molecule has 0 radical (unpaired) electrons. The van der Waals surface area contributed by atoms with Crippen LogP contribution in [0.3, 0.4) is 0 Å². The lowest BCUT2D eigenvalue weighted by Gasteiger charge is -2.03. The minimum atomic E-state index is 0.978. The Morgan fingerprint density at radius 1 is 1.18 bits per heavy atom. The van der Waals surface area contributed by atoms with Gasteiger partial charge in [0.15, 0.2) is 0 Å². The number of hydrogen-bond donors (Lipinski definition) is 0. The van der Waals surface area contributed by atoms with Crippen molar-refractivity contribution >= 4 is 11.6 Å². The topological polar surface area (TPSA) is 25.8 Å². The van der Waals surface area contributed by atoms with E-state index in [2.05, 4.69) is 41.7 Å². The number of aryl methyl sites for hydroxylation is 1. The van der Waals surface area contributed by atoms with Crippen LogP contribution in [0, 0.1) is 6.92 Å². The van der Waals surface area contributed by atoms with E-state index in [4.69, 9.17) is 0 Å². The van der Waals surface area contributed by atoms with Crippen LogP contribution in [0.4, 0.5) is 0 Å². The number of rotatable bonds is 3. The first-order chi connectivity index (χ1) is 8.31. The van der Waals surface area contributed by atoms with E-state index >= 15 is 0 Å². The first-order valence-corrected chi connectivity index (χ1v) is 5.46. The highest BCUT2D eigenvalue weighted by Crippen LogP contribution is 2.19. The van der Waals surface area contributed by atoms with Crippen molar-refractivity contribution in [3.63, 3.8) is 0 Å². The van der Waals surface area contributed by atoms with Crippen LogP contribution in [-0.4, -0.2) is 9.97 Å². The minimum Gasteiger partial charge on any atom is -0.244 e. The van der Waals surface area contributed by atoms with Crippen LogP contribution in [0.2, 0.25) is 0 Å². The van der Waals surface area contributed by atoms with E-state index in [0.29, 0.717) is 0 Å². The summed E-state index contributed by atoms with van der Waals surface area (Å²) in [7, 11) is 0. The molecule has 0 bridgehead atoms. The van der Waals surface area contributed by atoms with E-state index in [1.807, 2.05) is 18.2 Å². The molecular weight excluding hydrogens is 208 g/mol. The van der Waals surface area contributed by atoms with Gasteiger partial charge in [-0.1, -0.05) is 36.9 Å². The molecule has 0 unspecified atom stereocenters. The van der Waals surface area contributed by atoms with Gasteiger partial charge in [0.1, 0.15) is 6.33 Å². The molecule has 0 atom stereocenters. The highest BCUT2D eigenvalue weighted by molar-refractivity contribution is 5.87. The Labute approximate surface area is 101 Å². The van der Waals surface area contributed by atoms with Gasteiger partial charge in [0.25, 0.3) is 0 Å². The lowest BCUT2D eigenvalue weighted by atomic mass is 10.0. The smallest absolute Gasteiger partial charge is 0.115 e. The SMILES string of the molecule is C=C/C(=C\c1ccccc1C)c1cncnc1. The third-order valence-corrected chi connectivity index (χ3v) is 2.61. The maximum absolute atomic E-state index is 4.02. The fourth-order valence-electron chi connectivity index (χ4n) is 1.62. The average Bonchev–Trinajstić information content (AvgIpc) is 2.39. The molecule has 0 aliphatic rings. The van der Waals surface area contributed by atoms with Gasteiger partial charge in [0, 0.05) is 18.0 Å². The van der Waals surface area contributed by atoms with Gasteiger partial charge < -0.3 is 0 Å². The summed E-state index contributed by atoms with van der Waals surface area (Å²) in [6.07, 6.45) is 9.03. The van der Waals surface area contributed by atoms with Gasteiger partial charge in [-0.25, -0.2) is 9.97 Å². The minimum absolute atomic E-state index is 0.978. The Bertz CT molecular complexity index is 542. The second-order valence-corrected chi connectivity index (χ2v) is 3.79. The number of nitrogens with zero attached hydrogens (tertiary/aromatic N) is 2. The zero-order valence-electron chi connectivity index (χ0n) is 9.80. The van der Waals surface area contributed by atoms with Gasteiger partial charge >= 0.3 is 0 Å². The van der Waals surface area contributed by atoms with Crippen LogP contribution in [0.15, 0.2) is 55.6 Å². The van der Waals surface area contributed by atoms with E-state index in [-0.39, 0.29) is 0 Å². The van der Waals surface area contributed by atoms with Gasteiger partial charge in [0.2, 0.25) is 0 Å². The lowest BCUT2D eigenvalue weighted by molar-refractivity contribution is 1.16. The summed E-state index contributed by atoms with van der Waals surface area (Å²) in [6.45, 7) is 5.93. The number of hydrogen-bond acceptors (Lipinski definition) is 2. The normalized spacial score (nSPS) is 11.2. The molecule has 1 heterocycles. The Kier molecular flexibility index (Phi) is 3.46. The van der Waals surface area contributed by atoms with Crippen LogP contribution < -0.4 is 0 Å². The number of allylic oxidation sites excluding steroid dienone is 2. The van der Waals surface area contributed by atoms with Crippen molar-refractivity contribution in [2.75, 3.05) is 0 Å². The summed E-state index contributed by atoms with van der Waals surface area (Å²) >= 11 is 0. The fraction of sp³-hybridized carbons (Fsp3) is 0.0667. The van der Waals surface area contributed by atoms with Crippen molar-refractivity contribution in [2.45, 2.75) is 6.92 Å². The van der Waals surface area contributed by atoms with Gasteiger partial charge in [0.05, 0.1) is 0 Å². The maximum atomic E-state index is 4.02. The molecule has 1 aromatic carbocycles. The third kappa shape index (κ3) is 2.67. The molecule has 2 aromatic rings. The summed E-state index contributed by atoms with van der Waals surface area (Å²) in [5.74, 6) is 0. The molecule has 0 saturated heterocycles. The summed E-state index contributed by atoms with van der Waals surface area (Å²) in [5.41, 5.74) is 4.43. The molecule has 2 nitrogen and oxygen atoms in total. The van der Waals surface area contributed by atoms with Crippen LogP contribution in [0.25, 0.3) is 11.6 Å². The van der Waals surface area contributed by atoms with Crippen molar-refractivity contribution < 1.29 is 0 Å². The summed E-state index contributed by atoms with van der Waals surface area (Å²) in [6, 6.07) is 8.24. The van der Waals surface area contributed by atoms with Crippen LogP contribution in [0.1, 0.15) is 16.7 Å². The molecule has 1 aromatic heterocycles. The zero-order valence-corrected chi connectivity index (χ0v) is 9.80. The summed E-state index contributed by atoms with van der Waals surface area (Å²) < 4.78 is 0. The van der Waals surface area contributed by atoms with Gasteiger partial charge in [-0.15, -0.1) is 0 Å². The highest BCUT2D eigenvalue weighted by atomic mass is 14.8. The van der Waals surface area contributed by atoms with Crippen molar-refractivity contribution in [2.24, 2.45) is 0 Å². The number of aromatic nitrogens is 2. The van der Waals surface area contributed by atoms with Gasteiger partial charge in [-0.05, 0) is 29.7 Å². The summed E-state index contributed by atoms with van der Waals surface area (Å²) in [5, 5.41) is 0. The molecule has 0 amide bonds. The number of benzene rings is 1. The Morgan fingerprint density at radius 3 is 2.53 bits per heavy atom.